The molecule has 0 radical (unpaired) electrons. The highest BCUT2D eigenvalue weighted by molar-refractivity contribution is 7.20. The topological polar surface area (TPSA) is 81.2 Å². The predicted molar refractivity (Wildman–Crippen MR) is 102 cm³/mol. The molecule has 0 aliphatic rings. The van der Waals surface area contributed by atoms with E-state index in [-0.39, 0.29) is 17.9 Å². The van der Waals surface area contributed by atoms with Gasteiger partial charge in [-0.2, -0.15) is 0 Å². The maximum Gasteiger partial charge on any atom is 0.348 e. The van der Waals surface area contributed by atoms with Crippen LogP contribution in [0.3, 0.4) is 0 Å². The second-order valence-corrected chi connectivity index (χ2v) is 7.17. The number of rotatable bonds is 5. The van der Waals surface area contributed by atoms with Gasteiger partial charge in [-0.05, 0) is 57.5 Å². The van der Waals surface area contributed by atoms with Gasteiger partial charge >= 0.3 is 5.97 Å². The zero-order valence-electron chi connectivity index (χ0n) is 15.0. The molecule has 0 saturated heterocycles. The SMILES string of the molecule is CC(=O)c1ccc(Nc2ncnc3sc(C(=O)OC(C)C)c(C)c23)cc1. The number of anilines is 2. The third-order valence-electron chi connectivity index (χ3n) is 3.81. The van der Waals surface area contributed by atoms with Crippen molar-refractivity contribution in [2.75, 3.05) is 5.32 Å². The molecule has 3 aromatic rings. The quantitative estimate of drug-likeness (QED) is 0.526. The average Bonchev–Trinajstić information content (AvgIpc) is 2.93. The minimum absolute atomic E-state index is 0.0166. The molecule has 2 aromatic heterocycles. The van der Waals surface area contributed by atoms with Gasteiger partial charge in [-0.1, -0.05) is 0 Å². The van der Waals surface area contributed by atoms with Crippen LogP contribution in [0.1, 0.15) is 46.4 Å². The van der Waals surface area contributed by atoms with Crippen LogP contribution in [0.4, 0.5) is 11.5 Å². The van der Waals surface area contributed by atoms with Crippen molar-refractivity contribution in [3.05, 3.63) is 46.6 Å². The first kappa shape index (κ1) is 18.0. The summed E-state index contributed by atoms with van der Waals surface area (Å²) in [5.41, 5.74) is 2.24. The summed E-state index contributed by atoms with van der Waals surface area (Å²) in [6, 6.07) is 7.16. The van der Waals surface area contributed by atoms with Gasteiger partial charge in [0, 0.05) is 11.3 Å². The molecular weight excluding hydrogens is 350 g/mol. The number of hydrogen-bond acceptors (Lipinski definition) is 7. The van der Waals surface area contributed by atoms with Crippen molar-refractivity contribution in [2.24, 2.45) is 0 Å². The molecule has 7 heteroatoms. The van der Waals surface area contributed by atoms with Crippen LogP contribution in [-0.2, 0) is 4.74 Å². The molecule has 26 heavy (non-hydrogen) atoms. The molecule has 0 bridgehead atoms. The Labute approximate surface area is 155 Å². The molecule has 0 aliphatic carbocycles. The van der Waals surface area contributed by atoms with Crippen LogP contribution in [0.25, 0.3) is 10.2 Å². The fourth-order valence-electron chi connectivity index (χ4n) is 2.55. The van der Waals surface area contributed by atoms with E-state index in [1.807, 2.05) is 32.9 Å². The third-order valence-corrected chi connectivity index (χ3v) is 4.99. The first-order valence-corrected chi connectivity index (χ1v) is 9.01. The van der Waals surface area contributed by atoms with Crippen LogP contribution in [0.2, 0.25) is 0 Å². The summed E-state index contributed by atoms with van der Waals surface area (Å²) in [5.74, 6) is 0.281. The monoisotopic (exact) mass is 369 g/mol. The number of carbonyl (C=O) groups excluding carboxylic acids is 2. The number of aryl methyl sites for hydroxylation is 1. The number of Topliss-reactive ketones (excluding diaryl/α,β-unsaturated/α-hetero) is 1. The summed E-state index contributed by atoms with van der Waals surface area (Å²) in [4.78, 5) is 33.5. The first-order valence-electron chi connectivity index (χ1n) is 8.20. The molecule has 0 spiro atoms. The van der Waals surface area contributed by atoms with Crippen molar-refractivity contribution in [2.45, 2.75) is 33.8 Å². The molecule has 0 aliphatic heterocycles. The van der Waals surface area contributed by atoms with Crippen molar-refractivity contribution in [1.82, 2.24) is 9.97 Å². The fraction of sp³-hybridized carbons (Fsp3) is 0.263. The Morgan fingerprint density at radius 2 is 1.85 bits per heavy atom. The van der Waals surface area contributed by atoms with Gasteiger partial charge in [0.25, 0.3) is 0 Å². The Bertz CT molecular complexity index is 978. The molecule has 0 amide bonds. The molecule has 0 fully saturated rings. The van der Waals surface area contributed by atoms with E-state index in [9.17, 15) is 9.59 Å². The van der Waals surface area contributed by atoms with Gasteiger partial charge in [-0.15, -0.1) is 11.3 Å². The van der Waals surface area contributed by atoms with Crippen molar-refractivity contribution < 1.29 is 14.3 Å². The molecule has 134 valence electrons. The van der Waals surface area contributed by atoms with Gasteiger partial charge < -0.3 is 10.1 Å². The first-order chi connectivity index (χ1) is 12.4. The van der Waals surface area contributed by atoms with Crippen molar-refractivity contribution in [3.63, 3.8) is 0 Å². The van der Waals surface area contributed by atoms with Crippen LogP contribution in [0.5, 0.6) is 0 Å². The zero-order chi connectivity index (χ0) is 18.8. The molecular formula is C19H19N3O3S. The van der Waals surface area contributed by atoms with Crippen LogP contribution in [-0.4, -0.2) is 27.8 Å². The van der Waals surface area contributed by atoms with Gasteiger partial charge in [0.15, 0.2) is 5.78 Å². The normalized spacial score (nSPS) is 11.0. The number of nitrogens with zero attached hydrogens (tertiary/aromatic N) is 2. The molecule has 2 heterocycles. The number of esters is 1. The van der Waals surface area contributed by atoms with E-state index in [4.69, 9.17) is 4.74 Å². The van der Waals surface area contributed by atoms with Crippen molar-refractivity contribution >= 4 is 44.8 Å². The Hall–Kier alpha value is -2.80. The van der Waals surface area contributed by atoms with E-state index in [1.54, 1.807) is 12.1 Å². The summed E-state index contributed by atoms with van der Waals surface area (Å²) in [7, 11) is 0. The minimum Gasteiger partial charge on any atom is -0.459 e. The molecule has 1 N–H and O–H groups in total. The van der Waals surface area contributed by atoms with E-state index >= 15 is 0 Å². The second-order valence-electron chi connectivity index (χ2n) is 6.17. The predicted octanol–water partition coefficient (Wildman–Crippen LogP) is 4.51. The van der Waals surface area contributed by atoms with E-state index in [0.717, 1.165) is 21.5 Å². The van der Waals surface area contributed by atoms with E-state index in [0.29, 0.717) is 16.3 Å². The summed E-state index contributed by atoms with van der Waals surface area (Å²) >= 11 is 1.29. The van der Waals surface area contributed by atoms with E-state index < -0.39 is 0 Å². The molecule has 0 atom stereocenters. The number of aromatic nitrogens is 2. The summed E-state index contributed by atoms with van der Waals surface area (Å²) in [6.45, 7) is 7.03. The second kappa shape index (κ2) is 7.21. The maximum atomic E-state index is 12.3. The van der Waals surface area contributed by atoms with Crippen LogP contribution in [0.15, 0.2) is 30.6 Å². The average molecular weight is 369 g/mol. The van der Waals surface area contributed by atoms with Gasteiger partial charge in [0.2, 0.25) is 0 Å². The van der Waals surface area contributed by atoms with Crippen LogP contribution >= 0.6 is 11.3 Å². The smallest absolute Gasteiger partial charge is 0.348 e. The number of ketones is 1. The number of ether oxygens (including phenoxy) is 1. The number of benzene rings is 1. The van der Waals surface area contributed by atoms with Gasteiger partial charge in [0.1, 0.15) is 21.9 Å². The number of nitrogens with one attached hydrogen (secondary N) is 1. The number of fused-ring (bicyclic) bond motifs is 1. The molecule has 6 nitrogen and oxygen atoms in total. The maximum absolute atomic E-state index is 12.3. The number of carbonyl (C=O) groups is 2. The number of hydrogen-bond donors (Lipinski definition) is 1. The standard InChI is InChI=1S/C19H19N3O3S/c1-10(2)25-19(24)16-11(3)15-17(20-9-21-18(15)26-16)22-14-7-5-13(6-8-14)12(4)23/h5-10H,1-4H3,(H,20,21,22). The lowest BCUT2D eigenvalue weighted by molar-refractivity contribution is 0.0383. The van der Waals surface area contributed by atoms with Gasteiger partial charge in [0.05, 0.1) is 11.5 Å². The molecule has 0 unspecified atom stereocenters. The molecule has 0 saturated carbocycles. The van der Waals surface area contributed by atoms with E-state index in [2.05, 4.69) is 15.3 Å². The lowest BCUT2D eigenvalue weighted by Crippen LogP contribution is -2.11. The Morgan fingerprint density at radius 1 is 1.15 bits per heavy atom. The van der Waals surface area contributed by atoms with E-state index in [1.165, 1.54) is 24.6 Å². The Balaban J connectivity index is 1.97. The van der Waals surface area contributed by atoms with Gasteiger partial charge in [-0.3, -0.25) is 4.79 Å². The Kier molecular flexibility index (Phi) is 4.99. The fourth-order valence-corrected chi connectivity index (χ4v) is 3.59. The lowest BCUT2D eigenvalue weighted by Gasteiger charge is -2.08. The highest BCUT2D eigenvalue weighted by Crippen LogP contribution is 2.35. The van der Waals surface area contributed by atoms with Crippen LogP contribution < -0.4 is 5.32 Å². The highest BCUT2D eigenvalue weighted by Gasteiger charge is 2.21. The van der Waals surface area contributed by atoms with Crippen LogP contribution in [0, 0.1) is 6.92 Å². The van der Waals surface area contributed by atoms with Crippen molar-refractivity contribution in [1.29, 1.82) is 0 Å². The Morgan fingerprint density at radius 3 is 2.46 bits per heavy atom. The third kappa shape index (κ3) is 3.57. The summed E-state index contributed by atoms with van der Waals surface area (Å²) < 4.78 is 5.31. The number of thiophene rings is 1. The van der Waals surface area contributed by atoms with Crippen molar-refractivity contribution in [3.8, 4) is 0 Å². The largest absolute Gasteiger partial charge is 0.459 e. The molecule has 1 aromatic carbocycles. The molecule has 3 rings (SSSR count). The minimum atomic E-state index is -0.350. The lowest BCUT2D eigenvalue weighted by atomic mass is 10.1. The highest BCUT2D eigenvalue weighted by atomic mass is 32.1. The summed E-state index contributed by atoms with van der Waals surface area (Å²) in [5, 5.41) is 4.03. The zero-order valence-corrected chi connectivity index (χ0v) is 15.8. The van der Waals surface area contributed by atoms with Gasteiger partial charge in [-0.25, -0.2) is 14.8 Å². The summed E-state index contributed by atoms with van der Waals surface area (Å²) in [6.07, 6.45) is 1.28.